The van der Waals surface area contributed by atoms with Crippen molar-refractivity contribution in [2.45, 2.75) is 33.9 Å². The van der Waals surface area contributed by atoms with Crippen LogP contribution in [-0.2, 0) is 13.1 Å². The van der Waals surface area contributed by atoms with Gasteiger partial charge >= 0.3 is 0 Å². The molecule has 0 aliphatic rings. The SMILES string of the molecule is CCn1cc(CN(CC(C)C)C(=O)c2ccccc2C#N)cn1. The highest BCUT2D eigenvalue weighted by atomic mass is 16.2. The summed E-state index contributed by atoms with van der Waals surface area (Å²) in [5.74, 6) is 0.231. The highest BCUT2D eigenvalue weighted by Gasteiger charge is 2.20. The minimum Gasteiger partial charge on any atom is -0.334 e. The Morgan fingerprint density at radius 1 is 1.39 bits per heavy atom. The molecule has 0 aliphatic carbocycles. The van der Waals surface area contributed by atoms with Gasteiger partial charge in [0.25, 0.3) is 5.91 Å². The molecule has 0 saturated heterocycles. The Labute approximate surface area is 137 Å². The van der Waals surface area contributed by atoms with Crippen molar-refractivity contribution in [2.24, 2.45) is 5.92 Å². The Bertz CT molecular complexity index is 712. The Balaban J connectivity index is 2.27. The first kappa shape index (κ1) is 16.8. The van der Waals surface area contributed by atoms with E-state index in [9.17, 15) is 10.1 Å². The number of hydrogen-bond donors (Lipinski definition) is 0. The normalized spacial score (nSPS) is 10.6. The summed E-state index contributed by atoms with van der Waals surface area (Å²) in [4.78, 5) is 14.7. The average molecular weight is 310 g/mol. The largest absolute Gasteiger partial charge is 0.334 e. The number of hydrogen-bond acceptors (Lipinski definition) is 3. The Hall–Kier alpha value is -2.61. The molecule has 1 amide bonds. The molecule has 2 aromatic rings. The lowest BCUT2D eigenvalue weighted by atomic mass is 10.1. The van der Waals surface area contributed by atoms with Gasteiger partial charge in [-0.05, 0) is 25.0 Å². The van der Waals surface area contributed by atoms with Gasteiger partial charge in [0, 0.05) is 31.4 Å². The molecule has 120 valence electrons. The molecule has 0 unspecified atom stereocenters. The number of nitriles is 1. The molecule has 0 bridgehead atoms. The van der Waals surface area contributed by atoms with Crippen LogP contribution in [0, 0.1) is 17.2 Å². The number of benzene rings is 1. The van der Waals surface area contributed by atoms with Gasteiger partial charge in [-0.3, -0.25) is 9.48 Å². The van der Waals surface area contributed by atoms with Crippen molar-refractivity contribution in [2.75, 3.05) is 6.54 Å². The van der Waals surface area contributed by atoms with Gasteiger partial charge < -0.3 is 4.90 Å². The summed E-state index contributed by atoms with van der Waals surface area (Å²) in [7, 11) is 0. The van der Waals surface area contributed by atoms with Gasteiger partial charge in [-0.15, -0.1) is 0 Å². The van der Waals surface area contributed by atoms with Crippen molar-refractivity contribution in [3.05, 3.63) is 53.3 Å². The molecular formula is C18H22N4O. The minimum atomic E-state index is -0.111. The molecule has 1 aromatic heterocycles. The molecule has 0 radical (unpaired) electrons. The van der Waals surface area contributed by atoms with Gasteiger partial charge in [0.1, 0.15) is 0 Å². The van der Waals surface area contributed by atoms with Crippen LogP contribution >= 0.6 is 0 Å². The molecule has 2 rings (SSSR count). The second-order valence-corrected chi connectivity index (χ2v) is 5.94. The van der Waals surface area contributed by atoms with Crippen LogP contribution in [0.1, 0.15) is 42.3 Å². The summed E-state index contributed by atoms with van der Waals surface area (Å²) in [6, 6.07) is 9.05. The van der Waals surface area contributed by atoms with Crippen molar-refractivity contribution in [1.82, 2.24) is 14.7 Å². The molecule has 1 aromatic carbocycles. The van der Waals surface area contributed by atoms with E-state index in [1.165, 1.54) is 0 Å². The third-order valence-corrected chi connectivity index (χ3v) is 3.53. The maximum absolute atomic E-state index is 12.9. The first-order valence-corrected chi connectivity index (χ1v) is 7.84. The number of nitrogens with zero attached hydrogens (tertiary/aromatic N) is 4. The molecule has 23 heavy (non-hydrogen) atoms. The van der Waals surface area contributed by atoms with Crippen LogP contribution in [0.5, 0.6) is 0 Å². The van der Waals surface area contributed by atoms with E-state index in [0.717, 1.165) is 12.1 Å². The maximum atomic E-state index is 12.9. The van der Waals surface area contributed by atoms with Crippen LogP contribution in [-0.4, -0.2) is 27.1 Å². The second kappa shape index (κ2) is 7.59. The summed E-state index contributed by atoms with van der Waals surface area (Å²) >= 11 is 0. The van der Waals surface area contributed by atoms with Crippen LogP contribution < -0.4 is 0 Å². The zero-order valence-corrected chi connectivity index (χ0v) is 13.9. The number of aryl methyl sites for hydroxylation is 1. The van der Waals surface area contributed by atoms with Crippen LogP contribution in [0.25, 0.3) is 0 Å². The predicted molar refractivity (Wildman–Crippen MR) is 88.6 cm³/mol. The number of aromatic nitrogens is 2. The van der Waals surface area contributed by atoms with E-state index in [0.29, 0.717) is 30.1 Å². The van der Waals surface area contributed by atoms with Crippen LogP contribution in [0.15, 0.2) is 36.7 Å². The zero-order chi connectivity index (χ0) is 16.8. The van der Waals surface area contributed by atoms with Gasteiger partial charge in [0.15, 0.2) is 0 Å². The lowest BCUT2D eigenvalue weighted by Crippen LogP contribution is -2.34. The molecule has 5 nitrogen and oxygen atoms in total. The maximum Gasteiger partial charge on any atom is 0.255 e. The monoisotopic (exact) mass is 310 g/mol. The number of carbonyl (C=O) groups excluding carboxylic acids is 1. The Morgan fingerprint density at radius 2 is 2.13 bits per heavy atom. The lowest BCUT2D eigenvalue weighted by Gasteiger charge is -2.24. The smallest absolute Gasteiger partial charge is 0.255 e. The fourth-order valence-electron chi connectivity index (χ4n) is 2.48. The highest BCUT2D eigenvalue weighted by Crippen LogP contribution is 2.15. The van der Waals surface area contributed by atoms with E-state index in [1.807, 2.05) is 17.8 Å². The predicted octanol–water partition coefficient (Wildman–Crippen LogP) is 3.07. The van der Waals surface area contributed by atoms with E-state index < -0.39 is 0 Å². The standard InChI is InChI=1S/C18H22N4O/c1-4-22-13-15(10-20-22)12-21(11-14(2)3)18(23)17-8-6-5-7-16(17)9-19/h5-8,10,13-14H,4,11-12H2,1-3H3. The van der Waals surface area contributed by atoms with E-state index in [2.05, 4.69) is 25.0 Å². The van der Waals surface area contributed by atoms with Crippen molar-refractivity contribution in [1.29, 1.82) is 5.26 Å². The Kier molecular flexibility index (Phi) is 5.53. The summed E-state index contributed by atoms with van der Waals surface area (Å²) < 4.78 is 1.84. The molecule has 5 heteroatoms. The summed E-state index contributed by atoms with van der Waals surface area (Å²) in [6.07, 6.45) is 3.75. The third-order valence-electron chi connectivity index (χ3n) is 3.53. The fraction of sp³-hybridized carbons (Fsp3) is 0.389. The van der Waals surface area contributed by atoms with Gasteiger partial charge in [0.05, 0.1) is 23.4 Å². The first-order valence-electron chi connectivity index (χ1n) is 7.84. The zero-order valence-electron chi connectivity index (χ0n) is 13.9. The fourth-order valence-corrected chi connectivity index (χ4v) is 2.48. The summed E-state index contributed by atoms with van der Waals surface area (Å²) in [5.41, 5.74) is 1.87. The molecule has 0 saturated carbocycles. The van der Waals surface area contributed by atoms with Gasteiger partial charge in [-0.25, -0.2) is 0 Å². The lowest BCUT2D eigenvalue weighted by molar-refractivity contribution is 0.0722. The van der Waals surface area contributed by atoms with E-state index in [4.69, 9.17) is 0 Å². The number of amides is 1. The molecular weight excluding hydrogens is 288 g/mol. The molecule has 1 heterocycles. The van der Waals surface area contributed by atoms with Gasteiger partial charge in [-0.1, -0.05) is 26.0 Å². The number of carbonyl (C=O) groups is 1. The molecule has 0 aliphatic heterocycles. The number of rotatable bonds is 6. The third kappa shape index (κ3) is 4.19. The molecule has 0 fully saturated rings. The molecule has 0 atom stereocenters. The summed E-state index contributed by atoms with van der Waals surface area (Å²) in [6.45, 7) is 8.11. The minimum absolute atomic E-state index is 0.111. The van der Waals surface area contributed by atoms with E-state index in [1.54, 1.807) is 35.4 Å². The van der Waals surface area contributed by atoms with Crippen molar-refractivity contribution >= 4 is 5.91 Å². The highest BCUT2D eigenvalue weighted by molar-refractivity contribution is 5.96. The second-order valence-electron chi connectivity index (χ2n) is 5.94. The van der Waals surface area contributed by atoms with Crippen LogP contribution in [0.3, 0.4) is 0 Å². The molecule has 0 N–H and O–H groups in total. The van der Waals surface area contributed by atoms with Crippen molar-refractivity contribution < 1.29 is 4.79 Å². The first-order chi connectivity index (χ1) is 11.0. The van der Waals surface area contributed by atoms with Crippen LogP contribution in [0.4, 0.5) is 0 Å². The van der Waals surface area contributed by atoms with Crippen molar-refractivity contribution in [3.63, 3.8) is 0 Å². The molecule has 0 spiro atoms. The summed E-state index contributed by atoms with van der Waals surface area (Å²) in [5, 5.41) is 13.5. The van der Waals surface area contributed by atoms with Crippen LogP contribution in [0.2, 0.25) is 0 Å². The average Bonchev–Trinajstić information content (AvgIpc) is 3.00. The topological polar surface area (TPSA) is 61.9 Å². The van der Waals surface area contributed by atoms with E-state index in [-0.39, 0.29) is 5.91 Å². The van der Waals surface area contributed by atoms with Crippen molar-refractivity contribution in [3.8, 4) is 6.07 Å². The quantitative estimate of drug-likeness (QED) is 0.823. The van der Waals surface area contributed by atoms with Gasteiger partial charge in [-0.2, -0.15) is 10.4 Å². The van der Waals surface area contributed by atoms with E-state index >= 15 is 0 Å². The van der Waals surface area contributed by atoms with Gasteiger partial charge in [0.2, 0.25) is 0 Å². The Morgan fingerprint density at radius 3 is 2.74 bits per heavy atom.